The monoisotopic (exact) mass is 220 g/mol. The van der Waals surface area contributed by atoms with Crippen molar-refractivity contribution >= 4 is 17.5 Å². The molecule has 1 aliphatic carbocycles. The highest BCUT2D eigenvalue weighted by Crippen LogP contribution is 2.42. The van der Waals surface area contributed by atoms with E-state index in [2.05, 4.69) is 31.2 Å². The van der Waals surface area contributed by atoms with Crippen LogP contribution in [0.25, 0.3) is 0 Å². The van der Waals surface area contributed by atoms with Gasteiger partial charge in [0.05, 0.1) is 0 Å². The Morgan fingerprint density at radius 3 is 2.67 bits per heavy atom. The first-order valence-corrected chi connectivity index (χ1v) is 6.25. The summed E-state index contributed by atoms with van der Waals surface area (Å²) in [6.07, 6.45) is 3.71. The van der Waals surface area contributed by atoms with Gasteiger partial charge in [-0.05, 0) is 31.9 Å². The van der Waals surface area contributed by atoms with Gasteiger partial charge in [0.2, 0.25) is 0 Å². The van der Waals surface area contributed by atoms with E-state index >= 15 is 0 Å². The molecule has 1 aliphatic rings. The lowest BCUT2D eigenvalue weighted by molar-refractivity contribution is -0.120. The van der Waals surface area contributed by atoms with Crippen LogP contribution >= 0.6 is 11.8 Å². The van der Waals surface area contributed by atoms with Crippen LogP contribution in [0.3, 0.4) is 0 Å². The summed E-state index contributed by atoms with van der Waals surface area (Å²) in [6.45, 7) is 2.21. The minimum absolute atomic E-state index is 0.122. The number of hydrogen-bond acceptors (Lipinski definition) is 2. The molecule has 1 aromatic carbocycles. The molecule has 1 saturated carbocycles. The number of Topliss-reactive ketones (excluding diaryl/α,β-unsaturated/α-hetero) is 1. The fourth-order valence-corrected chi connectivity index (χ4v) is 3.46. The largest absolute Gasteiger partial charge is 0.300 e. The van der Waals surface area contributed by atoms with E-state index in [-0.39, 0.29) is 4.75 Å². The topological polar surface area (TPSA) is 17.1 Å². The van der Waals surface area contributed by atoms with Crippen LogP contribution in [0, 0.1) is 0 Å². The molecule has 1 unspecified atom stereocenters. The summed E-state index contributed by atoms with van der Waals surface area (Å²) >= 11 is 1.85. The summed E-state index contributed by atoms with van der Waals surface area (Å²) in [4.78, 5) is 12.7. The van der Waals surface area contributed by atoms with Crippen molar-refractivity contribution in [2.24, 2.45) is 0 Å². The Morgan fingerprint density at radius 1 is 1.27 bits per heavy atom. The van der Waals surface area contributed by atoms with Gasteiger partial charge in [-0.3, -0.25) is 4.79 Å². The van der Waals surface area contributed by atoms with Crippen LogP contribution in [0.2, 0.25) is 0 Å². The van der Waals surface area contributed by atoms with Gasteiger partial charge in [0, 0.05) is 22.5 Å². The van der Waals surface area contributed by atoms with Crippen molar-refractivity contribution in [3.8, 4) is 0 Å². The Bertz CT molecular complexity index is 347. The molecule has 0 radical (unpaired) electrons. The third-order valence-electron chi connectivity index (χ3n) is 2.84. The molecule has 0 N–H and O–H groups in total. The summed E-state index contributed by atoms with van der Waals surface area (Å²) in [7, 11) is 0. The first kappa shape index (κ1) is 10.7. The predicted molar refractivity (Wildman–Crippen MR) is 64.2 cm³/mol. The summed E-state index contributed by atoms with van der Waals surface area (Å²) in [5.74, 6) is 0.423. The molecule has 0 spiro atoms. The maximum Gasteiger partial charge on any atom is 0.134 e. The average Bonchev–Trinajstić information content (AvgIpc) is 2.18. The Morgan fingerprint density at radius 2 is 2.00 bits per heavy atom. The standard InChI is InChI=1S/C13H16OS/c1-13(9-5-6-11(14)10-13)15-12-7-3-2-4-8-12/h2-4,7-8H,5-6,9-10H2,1H3. The van der Waals surface area contributed by atoms with Gasteiger partial charge in [0.1, 0.15) is 5.78 Å². The van der Waals surface area contributed by atoms with Crippen molar-refractivity contribution in [2.45, 2.75) is 42.2 Å². The predicted octanol–water partition coefficient (Wildman–Crippen LogP) is 3.68. The fraction of sp³-hybridized carbons (Fsp3) is 0.462. The zero-order valence-corrected chi connectivity index (χ0v) is 9.85. The molecule has 0 bridgehead atoms. The number of carbonyl (C=O) groups excluding carboxylic acids is 1. The third-order valence-corrected chi connectivity index (χ3v) is 4.19. The highest BCUT2D eigenvalue weighted by atomic mass is 32.2. The van der Waals surface area contributed by atoms with E-state index in [1.54, 1.807) is 0 Å². The summed E-state index contributed by atoms with van der Waals surface area (Å²) in [6, 6.07) is 10.4. The first-order valence-electron chi connectivity index (χ1n) is 5.44. The Kier molecular flexibility index (Phi) is 3.15. The summed E-state index contributed by atoms with van der Waals surface area (Å²) in [5.41, 5.74) is 0. The molecule has 1 fully saturated rings. The molecule has 15 heavy (non-hydrogen) atoms. The van der Waals surface area contributed by atoms with E-state index in [4.69, 9.17) is 0 Å². The number of thioether (sulfide) groups is 1. The van der Waals surface area contributed by atoms with Crippen LogP contribution < -0.4 is 0 Å². The minimum atomic E-state index is 0.122. The molecular formula is C13H16OS. The van der Waals surface area contributed by atoms with Gasteiger partial charge in [-0.1, -0.05) is 18.2 Å². The van der Waals surface area contributed by atoms with Crippen molar-refractivity contribution in [1.29, 1.82) is 0 Å². The molecular weight excluding hydrogens is 204 g/mol. The number of rotatable bonds is 2. The van der Waals surface area contributed by atoms with Crippen LogP contribution in [0.15, 0.2) is 35.2 Å². The molecule has 0 aliphatic heterocycles. The second-order valence-corrected chi connectivity index (χ2v) is 6.10. The quantitative estimate of drug-likeness (QED) is 0.756. The lowest BCUT2D eigenvalue weighted by Gasteiger charge is -2.31. The number of ketones is 1. The van der Waals surface area contributed by atoms with Gasteiger partial charge in [-0.2, -0.15) is 0 Å². The van der Waals surface area contributed by atoms with E-state index in [9.17, 15) is 4.79 Å². The Hall–Kier alpha value is -0.760. The van der Waals surface area contributed by atoms with Crippen molar-refractivity contribution in [3.05, 3.63) is 30.3 Å². The van der Waals surface area contributed by atoms with Gasteiger partial charge >= 0.3 is 0 Å². The van der Waals surface area contributed by atoms with Crippen molar-refractivity contribution in [2.75, 3.05) is 0 Å². The van der Waals surface area contributed by atoms with Crippen LogP contribution in [-0.2, 0) is 4.79 Å². The molecule has 0 saturated heterocycles. The molecule has 0 aromatic heterocycles. The van der Waals surface area contributed by atoms with E-state index in [1.807, 2.05) is 17.8 Å². The molecule has 1 aromatic rings. The molecule has 1 atom stereocenters. The second kappa shape index (κ2) is 4.40. The van der Waals surface area contributed by atoms with Gasteiger partial charge < -0.3 is 0 Å². The molecule has 0 amide bonds. The maximum atomic E-state index is 11.5. The smallest absolute Gasteiger partial charge is 0.134 e. The average molecular weight is 220 g/mol. The number of hydrogen-bond donors (Lipinski definition) is 0. The van der Waals surface area contributed by atoms with Crippen molar-refractivity contribution < 1.29 is 4.79 Å². The highest BCUT2D eigenvalue weighted by molar-refractivity contribution is 8.00. The van der Waals surface area contributed by atoms with E-state index in [0.29, 0.717) is 5.78 Å². The SMILES string of the molecule is CC1(Sc2ccccc2)CCCC(=O)C1. The van der Waals surface area contributed by atoms with Gasteiger partial charge in [-0.15, -0.1) is 11.8 Å². The molecule has 1 nitrogen and oxygen atoms in total. The van der Waals surface area contributed by atoms with Gasteiger partial charge in [0.15, 0.2) is 0 Å². The Labute approximate surface area is 95.3 Å². The van der Waals surface area contributed by atoms with Gasteiger partial charge in [0.25, 0.3) is 0 Å². The molecule has 0 heterocycles. The van der Waals surface area contributed by atoms with Crippen LogP contribution in [0.1, 0.15) is 32.6 Å². The van der Waals surface area contributed by atoms with Crippen LogP contribution in [-0.4, -0.2) is 10.5 Å². The summed E-state index contributed by atoms with van der Waals surface area (Å²) < 4.78 is 0.122. The minimum Gasteiger partial charge on any atom is -0.300 e. The van der Waals surface area contributed by atoms with E-state index < -0.39 is 0 Å². The van der Waals surface area contributed by atoms with Crippen molar-refractivity contribution in [3.63, 3.8) is 0 Å². The summed E-state index contributed by atoms with van der Waals surface area (Å²) in [5, 5.41) is 0. The lowest BCUT2D eigenvalue weighted by Crippen LogP contribution is -2.28. The zero-order valence-electron chi connectivity index (χ0n) is 9.03. The van der Waals surface area contributed by atoms with Gasteiger partial charge in [-0.25, -0.2) is 0 Å². The first-order chi connectivity index (χ1) is 7.18. The normalized spacial score (nSPS) is 26.6. The van der Waals surface area contributed by atoms with E-state index in [0.717, 1.165) is 25.7 Å². The van der Waals surface area contributed by atoms with E-state index in [1.165, 1.54) is 4.90 Å². The van der Waals surface area contributed by atoms with Crippen LogP contribution in [0.5, 0.6) is 0 Å². The number of benzene rings is 1. The second-order valence-electron chi connectivity index (χ2n) is 4.43. The zero-order chi connectivity index (χ0) is 10.7. The number of carbonyl (C=O) groups is 1. The Balaban J connectivity index is 2.07. The van der Waals surface area contributed by atoms with Crippen LogP contribution in [0.4, 0.5) is 0 Å². The molecule has 80 valence electrons. The third kappa shape index (κ3) is 2.85. The van der Waals surface area contributed by atoms with Crippen molar-refractivity contribution in [1.82, 2.24) is 0 Å². The highest BCUT2D eigenvalue weighted by Gasteiger charge is 2.31. The molecule has 2 heteroatoms. The lowest BCUT2D eigenvalue weighted by atomic mass is 9.89. The fourth-order valence-electron chi connectivity index (χ4n) is 2.11. The maximum absolute atomic E-state index is 11.5. The molecule has 2 rings (SSSR count).